The second kappa shape index (κ2) is 1.09. The van der Waals surface area contributed by atoms with Gasteiger partial charge >= 0.3 is 0 Å². The van der Waals surface area contributed by atoms with E-state index < -0.39 is 0 Å². The van der Waals surface area contributed by atoms with E-state index in [-0.39, 0.29) is 6.17 Å². The minimum absolute atomic E-state index is 0.255. The van der Waals surface area contributed by atoms with Gasteiger partial charge in [-0.2, -0.15) is 0 Å². The summed E-state index contributed by atoms with van der Waals surface area (Å²) in [4.78, 5) is 0. The SMILES string of the molecule is CC1(C2C[C]2F)CC1. The molecule has 1 radical (unpaired) electrons. The van der Waals surface area contributed by atoms with Gasteiger partial charge in [0.25, 0.3) is 0 Å². The van der Waals surface area contributed by atoms with Crippen molar-refractivity contribution in [2.75, 3.05) is 0 Å². The Morgan fingerprint density at radius 3 is 2.25 bits per heavy atom. The summed E-state index contributed by atoms with van der Waals surface area (Å²) >= 11 is 0. The van der Waals surface area contributed by atoms with Crippen molar-refractivity contribution in [1.29, 1.82) is 0 Å². The van der Waals surface area contributed by atoms with Gasteiger partial charge in [0.2, 0.25) is 0 Å². The summed E-state index contributed by atoms with van der Waals surface area (Å²) in [6.45, 7) is 2.18. The lowest BCUT2D eigenvalue weighted by molar-refractivity contribution is 0.445. The van der Waals surface area contributed by atoms with Gasteiger partial charge in [0.15, 0.2) is 0 Å². The molecule has 0 saturated heterocycles. The first kappa shape index (κ1) is 4.78. The van der Waals surface area contributed by atoms with Gasteiger partial charge in [0.1, 0.15) is 6.17 Å². The van der Waals surface area contributed by atoms with Gasteiger partial charge in [-0.05, 0) is 24.7 Å². The van der Waals surface area contributed by atoms with Crippen LogP contribution in [0, 0.1) is 17.5 Å². The molecule has 2 saturated carbocycles. The van der Waals surface area contributed by atoms with Crippen LogP contribution in [0.4, 0.5) is 4.39 Å². The molecule has 0 aromatic rings. The molecule has 0 bridgehead atoms. The Hall–Kier alpha value is -0.0700. The van der Waals surface area contributed by atoms with Crippen LogP contribution < -0.4 is 0 Å². The summed E-state index contributed by atoms with van der Waals surface area (Å²) in [5.74, 6) is 0.377. The Morgan fingerprint density at radius 2 is 2.12 bits per heavy atom. The van der Waals surface area contributed by atoms with Crippen LogP contribution in [-0.2, 0) is 0 Å². The number of hydrogen-bond donors (Lipinski definition) is 0. The molecule has 2 fully saturated rings. The summed E-state index contributed by atoms with van der Waals surface area (Å²) in [6.07, 6.45) is 3.54. The van der Waals surface area contributed by atoms with Crippen LogP contribution in [0.3, 0.4) is 0 Å². The lowest BCUT2D eigenvalue weighted by Gasteiger charge is -2.00. The molecule has 0 spiro atoms. The van der Waals surface area contributed by atoms with Crippen molar-refractivity contribution in [3.05, 3.63) is 6.17 Å². The predicted octanol–water partition coefficient (Wildman–Crippen LogP) is 2.31. The van der Waals surface area contributed by atoms with E-state index in [1.807, 2.05) is 0 Å². The third kappa shape index (κ3) is 0.503. The predicted molar refractivity (Wildman–Crippen MR) is 29.8 cm³/mol. The summed E-state index contributed by atoms with van der Waals surface area (Å²) in [5.41, 5.74) is 0.421. The maximum Gasteiger partial charge on any atom is 0.148 e. The fraction of sp³-hybridized carbons (Fsp3) is 0.857. The molecule has 1 unspecified atom stereocenters. The molecule has 0 amide bonds. The fourth-order valence-corrected chi connectivity index (χ4v) is 1.31. The third-order valence-corrected chi connectivity index (χ3v) is 2.50. The normalized spacial score (nSPS) is 42.0. The number of rotatable bonds is 1. The zero-order valence-corrected chi connectivity index (χ0v) is 5.08. The number of halogens is 1. The maximum absolute atomic E-state index is 12.2. The minimum Gasteiger partial charge on any atom is -0.240 e. The van der Waals surface area contributed by atoms with Crippen LogP contribution in [0.25, 0.3) is 0 Å². The van der Waals surface area contributed by atoms with Crippen LogP contribution >= 0.6 is 0 Å². The van der Waals surface area contributed by atoms with E-state index in [1.54, 1.807) is 0 Å². The van der Waals surface area contributed by atoms with Crippen molar-refractivity contribution >= 4 is 0 Å². The van der Waals surface area contributed by atoms with E-state index in [0.717, 1.165) is 6.42 Å². The Kier molecular flexibility index (Phi) is 0.653. The van der Waals surface area contributed by atoms with Crippen molar-refractivity contribution in [3.8, 4) is 0 Å². The molecule has 1 heteroatoms. The molecule has 0 N–H and O–H groups in total. The molecule has 1 atom stereocenters. The zero-order valence-electron chi connectivity index (χ0n) is 5.08. The second-order valence-corrected chi connectivity index (χ2v) is 3.36. The zero-order chi connectivity index (χ0) is 5.78. The van der Waals surface area contributed by atoms with Gasteiger partial charge in [-0.15, -0.1) is 0 Å². The molecule has 0 aromatic heterocycles. The molecule has 2 rings (SSSR count). The van der Waals surface area contributed by atoms with Gasteiger partial charge in [-0.3, -0.25) is 0 Å². The molecule has 0 nitrogen and oxygen atoms in total. The molecule has 0 heterocycles. The molecular weight excluding hydrogens is 103 g/mol. The average molecular weight is 113 g/mol. The third-order valence-electron chi connectivity index (χ3n) is 2.50. The quantitative estimate of drug-likeness (QED) is 0.489. The van der Waals surface area contributed by atoms with Gasteiger partial charge in [-0.25, -0.2) is 4.39 Å². The molecule has 0 aliphatic heterocycles. The van der Waals surface area contributed by atoms with E-state index in [9.17, 15) is 4.39 Å². The first-order valence-electron chi connectivity index (χ1n) is 3.24. The molecule has 2 aliphatic carbocycles. The van der Waals surface area contributed by atoms with Crippen molar-refractivity contribution in [1.82, 2.24) is 0 Å². The summed E-state index contributed by atoms with van der Waals surface area (Å²) in [6, 6.07) is 0. The van der Waals surface area contributed by atoms with E-state index in [4.69, 9.17) is 0 Å². The van der Waals surface area contributed by atoms with Crippen LogP contribution in [0.1, 0.15) is 26.2 Å². The van der Waals surface area contributed by atoms with Crippen LogP contribution in [-0.4, -0.2) is 0 Å². The Labute approximate surface area is 49.1 Å². The standard InChI is InChI=1S/C7H10F/c1-7(2-3-7)5-4-6(5)8/h5H,2-4H2,1H3. The summed E-state index contributed by atoms with van der Waals surface area (Å²) in [7, 11) is 0. The van der Waals surface area contributed by atoms with Crippen molar-refractivity contribution < 1.29 is 4.39 Å². The Bertz CT molecular complexity index is 116. The molecule has 2 aliphatic rings. The largest absolute Gasteiger partial charge is 0.240 e. The fourth-order valence-electron chi connectivity index (χ4n) is 1.31. The monoisotopic (exact) mass is 113 g/mol. The summed E-state index contributed by atoms with van der Waals surface area (Å²) in [5, 5.41) is 0. The van der Waals surface area contributed by atoms with Gasteiger partial charge in [0.05, 0.1) is 0 Å². The van der Waals surface area contributed by atoms with Crippen LogP contribution in [0.15, 0.2) is 0 Å². The first-order valence-corrected chi connectivity index (χ1v) is 3.24. The van der Waals surface area contributed by atoms with E-state index >= 15 is 0 Å². The lowest BCUT2D eigenvalue weighted by Crippen LogP contribution is -1.94. The molecule has 0 aromatic carbocycles. The van der Waals surface area contributed by atoms with E-state index in [1.165, 1.54) is 12.8 Å². The highest BCUT2D eigenvalue weighted by molar-refractivity contribution is 5.16. The van der Waals surface area contributed by atoms with Crippen molar-refractivity contribution in [2.24, 2.45) is 11.3 Å². The second-order valence-electron chi connectivity index (χ2n) is 3.36. The topological polar surface area (TPSA) is 0 Å². The number of hydrogen-bond acceptors (Lipinski definition) is 0. The average Bonchev–Trinajstić information content (AvgIpc) is 2.47. The Balaban J connectivity index is 1.99. The van der Waals surface area contributed by atoms with Crippen molar-refractivity contribution in [2.45, 2.75) is 26.2 Å². The van der Waals surface area contributed by atoms with Crippen molar-refractivity contribution in [3.63, 3.8) is 0 Å². The van der Waals surface area contributed by atoms with E-state index in [2.05, 4.69) is 6.92 Å². The minimum atomic E-state index is 0.255. The molecule has 8 heavy (non-hydrogen) atoms. The highest BCUT2D eigenvalue weighted by atomic mass is 19.1. The van der Waals surface area contributed by atoms with Crippen LogP contribution in [0.2, 0.25) is 0 Å². The summed E-state index contributed by atoms with van der Waals surface area (Å²) < 4.78 is 12.2. The van der Waals surface area contributed by atoms with Crippen LogP contribution in [0.5, 0.6) is 0 Å². The maximum atomic E-state index is 12.2. The first-order chi connectivity index (χ1) is 3.72. The van der Waals surface area contributed by atoms with E-state index in [0.29, 0.717) is 11.3 Å². The smallest absolute Gasteiger partial charge is 0.148 e. The lowest BCUT2D eigenvalue weighted by atomic mass is 10.0. The Morgan fingerprint density at radius 1 is 1.62 bits per heavy atom. The highest BCUT2D eigenvalue weighted by Crippen LogP contribution is 2.65. The molecule has 45 valence electrons. The van der Waals surface area contributed by atoms with Gasteiger partial charge < -0.3 is 0 Å². The van der Waals surface area contributed by atoms with Gasteiger partial charge in [-0.1, -0.05) is 6.92 Å². The highest BCUT2D eigenvalue weighted by Gasteiger charge is 2.57. The van der Waals surface area contributed by atoms with Gasteiger partial charge in [0, 0.05) is 5.92 Å². The molecular formula is C7H10F.